The number of nitrogens with zero attached hydrogens (tertiary/aromatic N) is 2. The number of imidazole rings is 1. The second kappa shape index (κ2) is 9.17. The van der Waals surface area contributed by atoms with Gasteiger partial charge >= 0.3 is 0 Å². The average Bonchev–Trinajstić information content (AvgIpc) is 3.18. The summed E-state index contributed by atoms with van der Waals surface area (Å²) >= 11 is 0. The van der Waals surface area contributed by atoms with Crippen molar-refractivity contribution in [3.8, 4) is 0 Å². The van der Waals surface area contributed by atoms with E-state index in [0.717, 1.165) is 0 Å². The molecule has 0 saturated heterocycles. The first-order valence-electron chi connectivity index (χ1n) is 9.65. The van der Waals surface area contributed by atoms with Gasteiger partial charge < -0.3 is 15.2 Å². The number of hydrogen-bond acceptors (Lipinski definition) is 4. The number of carbonyl (C=O) groups excluding carboxylic acids is 3. The minimum Gasteiger partial charge on any atom is -0.340 e. The standard InChI is InChI=1S/C23H24N4O3/c1-15(2)19(26-22(29)17-7-5-4-6-8-17)23(30)25-18-11-9-16(10-12-18)20(28)21-24-13-14-27(21)3/h4-15,19H,1-3H3,(H,25,30)(H,26,29). The summed E-state index contributed by atoms with van der Waals surface area (Å²) in [5.41, 5.74) is 1.50. The molecule has 1 atom stereocenters. The molecule has 0 radical (unpaired) electrons. The van der Waals surface area contributed by atoms with Gasteiger partial charge in [0.2, 0.25) is 11.7 Å². The van der Waals surface area contributed by atoms with Crippen LogP contribution < -0.4 is 10.6 Å². The molecule has 3 aromatic rings. The summed E-state index contributed by atoms with van der Waals surface area (Å²) in [6.45, 7) is 3.73. The Balaban J connectivity index is 1.68. The molecule has 7 heteroatoms. The molecule has 7 nitrogen and oxygen atoms in total. The van der Waals surface area contributed by atoms with Gasteiger partial charge in [-0.1, -0.05) is 32.0 Å². The van der Waals surface area contributed by atoms with Crippen LogP contribution in [0.5, 0.6) is 0 Å². The molecule has 0 aliphatic carbocycles. The SMILES string of the molecule is CC(C)C(NC(=O)c1ccccc1)C(=O)Nc1ccc(C(=O)c2nccn2C)cc1. The lowest BCUT2D eigenvalue weighted by atomic mass is 10.0. The Morgan fingerprint density at radius 3 is 2.17 bits per heavy atom. The van der Waals surface area contributed by atoms with Crippen LogP contribution >= 0.6 is 0 Å². The highest BCUT2D eigenvalue weighted by Gasteiger charge is 2.25. The summed E-state index contributed by atoms with van der Waals surface area (Å²) in [6.07, 6.45) is 3.27. The smallest absolute Gasteiger partial charge is 0.251 e. The van der Waals surface area contributed by atoms with Crippen LogP contribution in [-0.2, 0) is 11.8 Å². The first-order chi connectivity index (χ1) is 14.4. The van der Waals surface area contributed by atoms with E-state index < -0.39 is 6.04 Å². The van der Waals surface area contributed by atoms with Gasteiger partial charge in [0.25, 0.3) is 5.91 Å². The summed E-state index contributed by atoms with van der Waals surface area (Å²) in [6, 6.07) is 14.6. The first kappa shape index (κ1) is 21.0. The lowest BCUT2D eigenvalue weighted by Crippen LogP contribution is -2.47. The second-order valence-electron chi connectivity index (χ2n) is 7.32. The fraction of sp³-hybridized carbons (Fsp3) is 0.217. The maximum atomic E-state index is 12.8. The monoisotopic (exact) mass is 404 g/mol. The molecule has 0 saturated carbocycles. The summed E-state index contributed by atoms with van der Waals surface area (Å²) in [7, 11) is 1.75. The number of anilines is 1. The van der Waals surface area contributed by atoms with Crippen molar-refractivity contribution in [3.63, 3.8) is 0 Å². The predicted octanol–water partition coefficient (Wildman–Crippen LogP) is 3.04. The van der Waals surface area contributed by atoms with Crippen molar-refractivity contribution < 1.29 is 14.4 Å². The van der Waals surface area contributed by atoms with Crippen LogP contribution in [0.1, 0.15) is 40.4 Å². The van der Waals surface area contributed by atoms with E-state index in [0.29, 0.717) is 22.6 Å². The Morgan fingerprint density at radius 1 is 0.933 bits per heavy atom. The van der Waals surface area contributed by atoms with Crippen LogP contribution in [0.2, 0.25) is 0 Å². The molecule has 0 spiro atoms. The first-order valence-corrected chi connectivity index (χ1v) is 9.65. The van der Waals surface area contributed by atoms with Gasteiger partial charge in [0, 0.05) is 36.3 Å². The summed E-state index contributed by atoms with van der Waals surface area (Å²) in [4.78, 5) is 41.8. The molecule has 30 heavy (non-hydrogen) atoms. The van der Waals surface area contributed by atoms with Gasteiger partial charge in [-0.25, -0.2) is 4.98 Å². The van der Waals surface area contributed by atoms with Crippen molar-refractivity contribution in [3.05, 3.63) is 83.9 Å². The molecule has 1 heterocycles. The molecule has 2 N–H and O–H groups in total. The quantitative estimate of drug-likeness (QED) is 0.592. The van der Waals surface area contributed by atoms with E-state index in [1.54, 1.807) is 72.5 Å². The average molecular weight is 404 g/mol. The van der Waals surface area contributed by atoms with E-state index in [1.165, 1.54) is 0 Å². The molecule has 1 aromatic heterocycles. The summed E-state index contributed by atoms with van der Waals surface area (Å²) in [5.74, 6) is -0.592. The Hall–Kier alpha value is -3.74. The van der Waals surface area contributed by atoms with Gasteiger partial charge in [-0.05, 0) is 42.3 Å². The van der Waals surface area contributed by atoms with Crippen molar-refractivity contribution in [2.24, 2.45) is 13.0 Å². The lowest BCUT2D eigenvalue weighted by molar-refractivity contribution is -0.118. The van der Waals surface area contributed by atoms with Gasteiger partial charge in [0.1, 0.15) is 6.04 Å². The molecule has 0 aliphatic rings. The molecular formula is C23H24N4O3. The fourth-order valence-electron chi connectivity index (χ4n) is 2.99. The summed E-state index contributed by atoms with van der Waals surface area (Å²) < 4.78 is 1.65. The Bertz CT molecular complexity index is 1040. The molecule has 0 aliphatic heterocycles. The van der Waals surface area contributed by atoms with Crippen LogP contribution in [0.25, 0.3) is 0 Å². The number of ketones is 1. The van der Waals surface area contributed by atoms with Crippen molar-refractivity contribution in [2.75, 3.05) is 5.32 Å². The van der Waals surface area contributed by atoms with E-state index in [9.17, 15) is 14.4 Å². The van der Waals surface area contributed by atoms with Gasteiger partial charge in [-0.2, -0.15) is 0 Å². The number of nitrogens with one attached hydrogen (secondary N) is 2. The van der Waals surface area contributed by atoms with Crippen LogP contribution in [0.15, 0.2) is 67.0 Å². The molecule has 0 fully saturated rings. The van der Waals surface area contributed by atoms with Crippen molar-refractivity contribution >= 4 is 23.3 Å². The Kier molecular flexibility index (Phi) is 6.41. The second-order valence-corrected chi connectivity index (χ2v) is 7.32. The van der Waals surface area contributed by atoms with Crippen LogP contribution in [-0.4, -0.2) is 33.2 Å². The van der Waals surface area contributed by atoms with Gasteiger partial charge in [-0.3, -0.25) is 14.4 Å². The zero-order valence-electron chi connectivity index (χ0n) is 17.1. The summed E-state index contributed by atoms with van der Waals surface area (Å²) in [5, 5.41) is 5.60. The van der Waals surface area contributed by atoms with Gasteiger partial charge in [0.05, 0.1) is 0 Å². The number of hydrogen-bond donors (Lipinski definition) is 2. The molecule has 3 rings (SSSR count). The lowest BCUT2D eigenvalue weighted by Gasteiger charge is -2.22. The van der Waals surface area contributed by atoms with E-state index >= 15 is 0 Å². The third-order valence-corrected chi connectivity index (χ3v) is 4.71. The van der Waals surface area contributed by atoms with E-state index in [-0.39, 0.29) is 23.5 Å². The van der Waals surface area contributed by atoms with E-state index in [1.807, 2.05) is 19.9 Å². The number of rotatable bonds is 7. The Labute approximate surface area is 175 Å². The molecule has 2 amide bonds. The maximum absolute atomic E-state index is 12.8. The van der Waals surface area contributed by atoms with Crippen LogP contribution in [0.3, 0.4) is 0 Å². The van der Waals surface area contributed by atoms with Crippen LogP contribution in [0, 0.1) is 5.92 Å². The van der Waals surface area contributed by atoms with E-state index in [2.05, 4.69) is 15.6 Å². The fourth-order valence-corrected chi connectivity index (χ4v) is 2.99. The molecule has 2 aromatic carbocycles. The number of aryl methyl sites for hydroxylation is 1. The topological polar surface area (TPSA) is 93.1 Å². The number of amides is 2. The van der Waals surface area contributed by atoms with Crippen molar-refractivity contribution in [2.45, 2.75) is 19.9 Å². The molecule has 154 valence electrons. The number of aromatic nitrogens is 2. The molecule has 0 bridgehead atoms. The highest BCUT2D eigenvalue weighted by Crippen LogP contribution is 2.15. The zero-order chi connectivity index (χ0) is 21.7. The van der Waals surface area contributed by atoms with Crippen molar-refractivity contribution in [1.82, 2.24) is 14.9 Å². The number of carbonyl (C=O) groups is 3. The normalized spacial score (nSPS) is 11.7. The minimum absolute atomic E-state index is 0.109. The molecule has 1 unspecified atom stereocenters. The van der Waals surface area contributed by atoms with Crippen LogP contribution in [0.4, 0.5) is 5.69 Å². The third kappa shape index (κ3) is 4.81. The van der Waals surface area contributed by atoms with Gasteiger partial charge in [0.15, 0.2) is 5.82 Å². The zero-order valence-corrected chi connectivity index (χ0v) is 17.1. The highest BCUT2D eigenvalue weighted by molar-refractivity contribution is 6.07. The minimum atomic E-state index is -0.702. The maximum Gasteiger partial charge on any atom is 0.251 e. The highest BCUT2D eigenvalue weighted by atomic mass is 16.2. The molecular weight excluding hydrogens is 380 g/mol. The predicted molar refractivity (Wildman–Crippen MR) is 114 cm³/mol. The van der Waals surface area contributed by atoms with Gasteiger partial charge in [-0.15, -0.1) is 0 Å². The van der Waals surface area contributed by atoms with Crippen molar-refractivity contribution in [1.29, 1.82) is 0 Å². The largest absolute Gasteiger partial charge is 0.340 e. The van der Waals surface area contributed by atoms with E-state index in [4.69, 9.17) is 0 Å². The number of benzene rings is 2. The third-order valence-electron chi connectivity index (χ3n) is 4.71. The Morgan fingerprint density at radius 2 is 1.60 bits per heavy atom.